The summed E-state index contributed by atoms with van der Waals surface area (Å²) < 4.78 is 13.1. The van der Waals surface area contributed by atoms with Gasteiger partial charge < -0.3 is 0 Å². The number of hydrogen-bond donors (Lipinski definition) is 0. The number of thiazole rings is 1. The molecule has 3 heteroatoms. The lowest BCUT2D eigenvalue weighted by Crippen LogP contribution is -1.80. The summed E-state index contributed by atoms with van der Waals surface area (Å²) in [5.41, 5.74) is 1.97. The van der Waals surface area contributed by atoms with E-state index in [1.165, 1.54) is 23.9 Å². The number of hydrogen-bond acceptors (Lipinski definition) is 2. The van der Waals surface area contributed by atoms with Gasteiger partial charge in [-0.25, -0.2) is 9.37 Å². The van der Waals surface area contributed by atoms with Gasteiger partial charge in [0.1, 0.15) is 5.82 Å². The van der Waals surface area contributed by atoms with E-state index in [4.69, 9.17) is 0 Å². The molecule has 0 unspecified atom stereocenters. The normalized spacial score (nSPS) is 15.4. The minimum absolute atomic E-state index is 0.182. The Morgan fingerprint density at radius 1 is 1.38 bits per heavy atom. The molecule has 0 aliphatic heterocycles. The molecule has 0 bridgehead atoms. The van der Waals surface area contributed by atoms with Crippen molar-refractivity contribution < 1.29 is 4.39 Å². The second-order valence-corrected chi connectivity index (χ2v) is 5.28. The van der Waals surface area contributed by atoms with Crippen molar-refractivity contribution in [3.05, 3.63) is 40.8 Å². The van der Waals surface area contributed by atoms with Crippen molar-refractivity contribution in [2.75, 3.05) is 0 Å². The highest BCUT2D eigenvalue weighted by Crippen LogP contribution is 2.44. The number of aromatic nitrogens is 1. The lowest BCUT2D eigenvalue weighted by Gasteiger charge is -1.97. The maximum absolute atomic E-state index is 13.1. The Bertz CT molecular complexity index is 528. The number of rotatable bonds is 2. The molecule has 1 aromatic heterocycles. The number of halogens is 1. The van der Waals surface area contributed by atoms with Gasteiger partial charge in [0.15, 0.2) is 0 Å². The molecule has 0 atom stereocenters. The fourth-order valence-electron chi connectivity index (χ4n) is 1.82. The molecule has 1 heterocycles. The van der Waals surface area contributed by atoms with E-state index >= 15 is 0 Å². The maximum atomic E-state index is 13.1. The zero-order valence-corrected chi connectivity index (χ0v) is 9.85. The van der Waals surface area contributed by atoms with Crippen LogP contribution in [0.25, 0.3) is 10.4 Å². The van der Waals surface area contributed by atoms with Gasteiger partial charge in [0.2, 0.25) is 0 Å². The van der Waals surface area contributed by atoms with Crippen LogP contribution >= 0.6 is 11.3 Å². The Morgan fingerprint density at radius 2 is 2.19 bits per heavy atom. The summed E-state index contributed by atoms with van der Waals surface area (Å²) in [6, 6.07) is 6.75. The zero-order valence-electron chi connectivity index (χ0n) is 9.03. The minimum Gasteiger partial charge on any atom is -0.246 e. The Balaban J connectivity index is 2.04. The molecule has 0 spiro atoms. The largest absolute Gasteiger partial charge is 0.246 e. The van der Waals surface area contributed by atoms with E-state index < -0.39 is 0 Å². The smallest absolute Gasteiger partial charge is 0.123 e. The molecule has 2 aromatic rings. The molecular weight excluding hydrogens is 221 g/mol. The fourth-order valence-corrected chi connectivity index (χ4v) is 3.05. The van der Waals surface area contributed by atoms with Gasteiger partial charge in [-0.1, -0.05) is 12.1 Å². The van der Waals surface area contributed by atoms with Gasteiger partial charge in [-0.15, -0.1) is 11.3 Å². The molecule has 16 heavy (non-hydrogen) atoms. The average Bonchev–Trinajstić information content (AvgIpc) is 3.02. The summed E-state index contributed by atoms with van der Waals surface area (Å²) in [5.74, 6) is 0.490. The van der Waals surface area contributed by atoms with Gasteiger partial charge >= 0.3 is 0 Å². The molecule has 82 valence electrons. The van der Waals surface area contributed by atoms with Crippen LogP contribution in [-0.2, 0) is 0 Å². The lowest BCUT2D eigenvalue weighted by atomic mass is 10.1. The SMILES string of the molecule is Cc1nc(C2CC2)sc1-c1cccc(F)c1. The average molecular weight is 233 g/mol. The summed E-state index contributed by atoms with van der Waals surface area (Å²) in [6.45, 7) is 2.00. The predicted octanol–water partition coefficient (Wildman–Crippen LogP) is 4.14. The second-order valence-electron chi connectivity index (χ2n) is 4.25. The molecule has 1 aliphatic carbocycles. The van der Waals surface area contributed by atoms with Crippen LogP contribution in [0, 0.1) is 12.7 Å². The summed E-state index contributed by atoms with van der Waals surface area (Å²) >= 11 is 1.71. The van der Waals surface area contributed by atoms with Crippen molar-refractivity contribution in [3.63, 3.8) is 0 Å². The van der Waals surface area contributed by atoms with E-state index in [1.54, 1.807) is 23.5 Å². The van der Waals surface area contributed by atoms with E-state index in [0.29, 0.717) is 5.92 Å². The highest BCUT2D eigenvalue weighted by atomic mass is 32.1. The Kier molecular flexibility index (Phi) is 2.28. The van der Waals surface area contributed by atoms with Crippen molar-refractivity contribution in [1.29, 1.82) is 0 Å². The van der Waals surface area contributed by atoms with Crippen molar-refractivity contribution in [2.45, 2.75) is 25.7 Å². The monoisotopic (exact) mass is 233 g/mol. The first kappa shape index (κ1) is 9.97. The van der Waals surface area contributed by atoms with Gasteiger partial charge in [-0.2, -0.15) is 0 Å². The van der Waals surface area contributed by atoms with E-state index in [2.05, 4.69) is 4.98 Å². The second kappa shape index (κ2) is 3.67. The highest BCUT2D eigenvalue weighted by Gasteiger charge is 2.27. The van der Waals surface area contributed by atoms with E-state index in [1.807, 2.05) is 13.0 Å². The molecule has 1 fully saturated rings. The van der Waals surface area contributed by atoms with Crippen LogP contribution in [0.1, 0.15) is 29.5 Å². The van der Waals surface area contributed by atoms with Crippen molar-refractivity contribution in [2.24, 2.45) is 0 Å². The van der Waals surface area contributed by atoms with E-state index in [-0.39, 0.29) is 5.82 Å². The third-order valence-electron chi connectivity index (χ3n) is 2.83. The first-order valence-electron chi connectivity index (χ1n) is 5.47. The van der Waals surface area contributed by atoms with Crippen LogP contribution < -0.4 is 0 Å². The molecule has 1 aromatic carbocycles. The summed E-state index contributed by atoms with van der Waals surface area (Å²) in [6.07, 6.45) is 2.52. The molecule has 0 amide bonds. The third kappa shape index (κ3) is 1.76. The maximum Gasteiger partial charge on any atom is 0.123 e. The molecule has 1 saturated carbocycles. The Labute approximate surface area is 98.0 Å². The first-order chi connectivity index (χ1) is 7.74. The molecular formula is C13H12FNS. The standard InChI is InChI=1S/C13H12FNS/c1-8-12(10-3-2-4-11(14)7-10)16-13(15-8)9-5-6-9/h2-4,7,9H,5-6H2,1H3. The van der Waals surface area contributed by atoms with Gasteiger partial charge in [-0.3, -0.25) is 0 Å². The summed E-state index contributed by atoms with van der Waals surface area (Å²) in [5, 5.41) is 1.22. The van der Waals surface area contributed by atoms with E-state index in [0.717, 1.165) is 16.1 Å². The summed E-state index contributed by atoms with van der Waals surface area (Å²) in [7, 11) is 0. The van der Waals surface area contributed by atoms with Crippen LogP contribution in [0.5, 0.6) is 0 Å². The fraction of sp³-hybridized carbons (Fsp3) is 0.308. The molecule has 1 nitrogen and oxygen atoms in total. The van der Waals surface area contributed by atoms with Gasteiger partial charge in [-0.05, 0) is 37.5 Å². The van der Waals surface area contributed by atoms with E-state index in [9.17, 15) is 4.39 Å². The van der Waals surface area contributed by atoms with Crippen molar-refractivity contribution >= 4 is 11.3 Å². The number of aryl methyl sites for hydroxylation is 1. The molecule has 3 rings (SSSR count). The number of nitrogens with zero attached hydrogens (tertiary/aromatic N) is 1. The van der Waals surface area contributed by atoms with Crippen LogP contribution in [0.15, 0.2) is 24.3 Å². The Morgan fingerprint density at radius 3 is 2.88 bits per heavy atom. The summed E-state index contributed by atoms with van der Waals surface area (Å²) in [4.78, 5) is 5.69. The van der Waals surface area contributed by atoms with Gasteiger partial charge in [0.05, 0.1) is 15.6 Å². The quantitative estimate of drug-likeness (QED) is 0.759. The van der Waals surface area contributed by atoms with Gasteiger partial charge in [0.25, 0.3) is 0 Å². The topological polar surface area (TPSA) is 12.9 Å². The van der Waals surface area contributed by atoms with Crippen LogP contribution in [0.2, 0.25) is 0 Å². The lowest BCUT2D eigenvalue weighted by molar-refractivity contribution is 0.628. The highest BCUT2D eigenvalue weighted by molar-refractivity contribution is 7.15. The van der Waals surface area contributed by atoms with Crippen LogP contribution in [0.3, 0.4) is 0 Å². The minimum atomic E-state index is -0.182. The van der Waals surface area contributed by atoms with Crippen LogP contribution in [0.4, 0.5) is 4.39 Å². The first-order valence-corrected chi connectivity index (χ1v) is 6.29. The molecule has 0 N–H and O–H groups in total. The third-order valence-corrected chi connectivity index (χ3v) is 4.20. The van der Waals surface area contributed by atoms with Gasteiger partial charge in [0, 0.05) is 5.92 Å². The molecule has 0 saturated heterocycles. The number of benzene rings is 1. The van der Waals surface area contributed by atoms with Crippen molar-refractivity contribution in [1.82, 2.24) is 4.98 Å². The van der Waals surface area contributed by atoms with Crippen LogP contribution in [-0.4, -0.2) is 4.98 Å². The molecule has 1 aliphatic rings. The zero-order chi connectivity index (χ0) is 11.1. The molecule has 0 radical (unpaired) electrons. The predicted molar refractivity (Wildman–Crippen MR) is 64.2 cm³/mol. The Hall–Kier alpha value is -1.22. The van der Waals surface area contributed by atoms with Crippen molar-refractivity contribution in [3.8, 4) is 10.4 Å².